The number of hydrogen-bond acceptors (Lipinski definition) is 8. The first-order chi connectivity index (χ1) is 15.2. The number of sulfonamides is 1. The van der Waals surface area contributed by atoms with Crippen molar-refractivity contribution >= 4 is 38.7 Å². The van der Waals surface area contributed by atoms with Gasteiger partial charge in [0.05, 0.1) is 40.4 Å². The van der Waals surface area contributed by atoms with Gasteiger partial charge in [-0.2, -0.15) is 4.31 Å². The number of aryl methyl sites for hydroxylation is 1. The van der Waals surface area contributed by atoms with Gasteiger partial charge < -0.3 is 9.84 Å². The van der Waals surface area contributed by atoms with Crippen LogP contribution in [0.3, 0.4) is 0 Å². The number of nitrogens with zero attached hydrogens (tertiary/aromatic N) is 3. The Hall–Kier alpha value is -2.89. The van der Waals surface area contributed by atoms with Gasteiger partial charge in [0.25, 0.3) is 11.8 Å². The first-order valence-electron chi connectivity index (χ1n) is 10.2. The van der Waals surface area contributed by atoms with E-state index in [2.05, 4.69) is 4.98 Å². The van der Waals surface area contributed by atoms with E-state index in [-0.39, 0.29) is 41.2 Å². The zero-order valence-electron chi connectivity index (χ0n) is 17.7. The monoisotopic (exact) mass is 461 g/mol. The number of hydrogen-bond donors (Lipinski definition) is 1. The number of ether oxygens (including phenoxy) is 1. The van der Waals surface area contributed by atoms with Crippen LogP contribution < -0.4 is 0 Å². The van der Waals surface area contributed by atoms with Gasteiger partial charge in [0.1, 0.15) is 6.61 Å². The van der Waals surface area contributed by atoms with Crippen LogP contribution in [-0.2, 0) is 19.6 Å². The molecule has 1 aromatic heterocycles. The van der Waals surface area contributed by atoms with Crippen LogP contribution in [0.4, 0.5) is 0 Å². The Morgan fingerprint density at radius 1 is 1.25 bits per heavy atom. The Kier molecular flexibility index (Phi) is 5.74. The molecule has 32 heavy (non-hydrogen) atoms. The lowest BCUT2D eigenvalue weighted by Gasteiger charge is -2.22. The minimum Gasteiger partial charge on any atom is -0.464 e. The fourth-order valence-electron chi connectivity index (χ4n) is 4.30. The molecule has 10 nitrogen and oxygen atoms in total. The Bertz CT molecular complexity index is 1240. The highest BCUT2D eigenvalue weighted by molar-refractivity contribution is 7.89. The molecule has 2 aromatic rings. The van der Waals surface area contributed by atoms with Gasteiger partial charge in [-0.05, 0) is 38.0 Å². The van der Waals surface area contributed by atoms with Gasteiger partial charge in [-0.25, -0.2) is 8.42 Å². The molecule has 0 spiro atoms. The lowest BCUT2D eigenvalue weighted by molar-refractivity contribution is -0.141. The molecule has 2 aliphatic heterocycles. The van der Waals surface area contributed by atoms with E-state index in [9.17, 15) is 27.9 Å². The molecule has 1 atom stereocenters. The number of amides is 2. The highest BCUT2D eigenvalue weighted by Gasteiger charge is 2.40. The molecule has 0 bridgehead atoms. The maximum atomic E-state index is 13.2. The molecule has 0 aliphatic carbocycles. The summed E-state index contributed by atoms with van der Waals surface area (Å²) < 4.78 is 32.6. The van der Waals surface area contributed by atoms with E-state index in [4.69, 9.17) is 4.74 Å². The van der Waals surface area contributed by atoms with Crippen LogP contribution in [0.25, 0.3) is 10.9 Å². The second kappa shape index (κ2) is 8.23. The number of aromatic nitrogens is 1. The van der Waals surface area contributed by atoms with E-state index in [0.717, 1.165) is 4.90 Å². The van der Waals surface area contributed by atoms with Crippen molar-refractivity contribution in [2.75, 3.05) is 26.3 Å². The number of aliphatic hydroxyl groups is 1. The lowest BCUT2D eigenvalue weighted by Crippen LogP contribution is -2.37. The first-order valence-corrected chi connectivity index (χ1v) is 11.7. The number of imide groups is 1. The number of fused-ring (bicyclic) bond motifs is 3. The number of carbonyl (C=O) groups is 3. The van der Waals surface area contributed by atoms with Crippen molar-refractivity contribution in [1.82, 2.24) is 14.2 Å². The summed E-state index contributed by atoms with van der Waals surface area (Å²) in [7, 11) is -3.91. The number of benzene rings is 1. The molecule has 1 saturated heterocycles. The number of pyridine rings is 1. The van der Waals surface area contributed by atoms with Gasteiger partial charge >= 0.3 is 5.97 Å². The van der Waals surface area contributed by atoms with Crippen LogP contribution in [0, 0.1) is 6.92 Å². The normalized spacial score (nSPS) is 19.1. The minimum absolute atomic E-state index is 0.0307. The van der Waals surface area contributed by atoms with Gasteiger partial charge in [-0.3, -0.25) is 24.3 Å². The van der Waals surface area contributed by atoms with Crippen molar-refractivity contribution in [3.05, 3.63) is 35.0 Å². The van der Waals surface area contributed by atoms with Gasteiger partial charge in [0, 0.05) is 24.9 Å². The molecule has 1 unspecified atom stereocenters. The van der Waals surface area contributed by atoms with Crippen molar-refractivity contribution in [3.63, 3.8) is 0 Å². The van der Waals surface area contributed by atoms with E-state index in [0.29, 0.717) is 30.6 Å². The average molecular weight is 461 g/mol. The summed E-state index contributed by atoms with van der Waals surface area (Å²) >= 11 is 0. The third-order valence-electron chi connectivity index (χ3n) is 5.82. The quantitative estimate of drug-likeness (QED) is 0.494. The largest absolute Gasteiger partial charge is 0.464 e. The van der Waals surface area contributed by atoms with Crippen molar-refractivity contribution in [1.29, 1.82) is 0 Å². The molecule has 11 heteroatoms. The van der Waals surface area contributed by atoms with Crippen LogP contribution in [0.1, 0.15) is 46.2 Å². The Labute approximate surface area is 184 Å². The Balaban J connectivity index is 1.78. The standard InChI is InChI=1S/C21H23N3O7S/c1-12-18-19(21(28)23(20(18)27)8-9-31-13(2)26)16-10-15(5-6-17(16)22-12)32(29,30)24-7-3-4-14(24)11-25/h5-6,10,14,25H,3-4,7-9,11H2,1-2H3. The number of carbonyl (C=O) groups excluding carboxylic acids is 3. The van der Waals surface area contributed by atoms with Crippen LogP contribution in [0.2, 0.25) is 0 Å². The lowest BCUT2D eigenvalue weighted by atomic mass is 10.0. The molecular formula is C21H23N3O7S. The number of esters is 1. The van der Waals surface area contributed by atoms with E-state index >= 15 is 0 Å². The summed E-state index contributed by atoms with van der Waals surface area (Å²) in [4.78, 5) is 42.4. The molecule has 2 amide bonds. The summed E-state index contributed by atoms with van der Waals surface area (Å²) in [5.41, 5.74) is 0.964. The van der Waals surface area contributed by atoms with Gasteiger partial charge in [0.2, 0.25) is 10.0 Å². The first kappa shape index (κ1) is 22.3. The fourth-order valence-corrected chi connectivity index (χ4v) is 6.01. The predicted octanol–water partition coefficient (Wildman–Crippen LogP) is 0.848. The van der Waals surface area contributed by atoms with E-state index in [1.54, 1.807) is 6.92 Å². The van der Waals surface area contributed by atoms with Gasteiger partial charge in [-0.15, -0.1) is 0 Å². The Morgan fingerprint density at radius 3 is 2.66 bits per heavy atom. The van der Waals surface area contributed by atoms with Gasteiger partial charge in [-0.1, -0.05) is 0 Å². The zero-order chi connectivity index (χ0) is 23.2. The minimum atomic E-state index is -3.91. The van der Waals surface area contributed by atoms with Crippen molar-refractivity contribution in [2.45, 2.75) is 37.6 Å². The maximum Gasteiger partial charge on any atom is 0.302 e. The average Bonchev–Trinajstić information content (AvgIpc) is 3.32. The maximum absolute atomic E-state index is 13.2. The Morgan fingerprint density at radius 2 is 1.97 bits per heavy atom. The van der Waals surface area contributed by atoms with E-state index in [1.165, 1.54) is 29.4 Å². The molecule has 170 valence electrons. The SMILES string of the molecule is CC(=O)OCCN1C(=O)c2c(C)nc3ccc(S(=O)(=O)N4CCCC4CO)cc3c2C1=O. The number of rotatable bonds is 6. The topological polar surface area (TPSA) is 134 Å². The van der Waals surface area contributed by atoms with E-state index in [1.807, 2.05) is 0 Å². The molecule has 1 N–H and O–H groups in total. The highest BCUT2D eigenvalue weighted by atomic mass is 32.2. The van der Waals surface area contributed by atoms with Crippen LogP contribution in [0.15, 0.2) is 23.1 Å². The van der Waals surface area contributed by atoms with Crippen LogP contribution in [-0.4, -0.2) is 77.8 Å². The van der Waals surface area contributed by atoms with Crippen molar-refractivity contribution in [2.24, 2.45) is 0 Å². The van der Waals surface area contributed by atoms with Crippen LogP contribution >= 0.6 is 0 Å². The summed E-state index contributed by atoms with van der Waals surface area (Å²) in [6.07, 6.45) is 1.22. The summed E-state index contributed by atoms with van der Waals surface area (Å²) in [5.74, 6) is -1.67. The van der Waals surface area contributed by atoms with Crippen molar-refractivity contribution in [3.8, 4) is 0 Å². The third-order valence-corrected chi connectivity index (χ3v) is 7.76. The zero-order valence-corrected chi connectivity index (χ0v) is 18.5. The van der Waals surface area contributed by atoms with Crippen molar-refractivity contribution < 1.29 is 32.6 Å². The fraction of sp³-hybridized carbons (Fsp3) is 0.429. The second-order valence-corrected chi connectivity index (χ2v) is 9.71. The molecule has 2 aliphatic rings. The van der Waals surface area contributed by atoms with Gasteiger partial charge in [0.15, 0.2) is 0 Å². The third kappa shape index (κ3) is 3.55. The van der Waals surface area contributed by atoms with Crippen LogP contribution in [0.5, 0.6) is 0 Å². The molecule has 0 saturated carbocycles. The molecule has 1 fully saturated rings. The van der Waals surface area contributed by atoms with E-state index < -0.39 is 33.8 Å². The molecule has 0 radical (unpaired) electrons. The summed E-state index contributed by atoms with van der Waals surface area (Å²) in [5, 5.41) is 9.80. The molecule has 4 rings (SSSR count). The molecule has 1 aromatic carbocycles. The second-order valence-electron chi connectivity index (χ2n) is 7.82. The number of aliphatic hydroxyl groups excluding tert-OH is 1. The predicted molar refractivity (Wildman–Crippen MR) is 112 cm³/mol. The summed E-state index contributed by atoms with van der Waals surface area (Å²) in [6, 6.07) is 3.81. The summed E-state index contributed by atoms with van der Waals surface area (Å²) in [6.45, 7) is 2.62. The molecule has 3 heterocycles. The molecular weight excluding hydrogens is 438 g/mol. The smallest absolute Gasteiger partial charge is 0.302 e. The highest BCUT2D eigenvalue weighted by Crippen LogP contribution is 2.34.